The monoisotopic (exact) mass is 870 g/mol. The normalized spacial score (nSPS) is 13.9. The highest BCUT2D eigenvalue weighted by Gasteiger charge is 2.28. The number of esters is 1. The maximum Gasteiger partial charge on any atom is 0.472 e. The molecule has 0 aromatic rings. The van der Waals surface area contributed by atoms with Crippen LogP contribution < -0.4 is 5.32 Å². The highest BCUT2D eigenvalue weighted by Crippen LogP contribution is 2.43. The molecule has 0 aliphatic carbocycles. The van der Waals surface area contributed by atoms with Gasteiger partial charge >= 0.3 is 19.8 Å². The Balaban J connectivity index is 3.87. The molecular formula is C48H88NO10P. The molecule has 12 heteroatoms. The molecule has 0 aliphatic rings. The molecular weight excluding hydrogens is 781 g/mol. The number of ether oxygens (including phenoxy) is 1. The highest BCUT2D eigenvalue weighted by atomic mass is 31.2. The first-order chi connectivity index (χ1) is 29.1. The quantitative estimate of drug-likeness (QED) is 0.0200. The second-order valence-corrected chi connectivity index (χ2v) is 17.7. The zero-order valence-electron chi connectivity index (χ0n) is 38.0. The van der Waals surface area contributed by atoms with Crippen molar-refractivity contribution in [2.45, 2.75) is 231 Å². The third-order valence-electron chi connectivity index (χ3n) is 10.4. The molecule has 0 saturated heterocycles. The molecule has 0 bridgehead atoms. The first-order valence-electron chi connectivity index (χ1n) is 24.0. The van der Waals surface area contributed by atoms with Gasteiger partial charge in [-0.3, -0.25) is 18.6 Å². The van der Waals surface area contributed by atoms with Gasteiger partial charge in [0.25, 0.3) is 0 Å². The number of phosphoric acid groups is 1. The van der Waals surface area contributed by atoms with E-state index in [1.807, 2.05) is 0 Å². The van der Waals surface area contributed by atoms with Gasteiger partial charge in [0.1, 0.15) is 12.7 Å². The number of unbranched alkanes of at least 4 members (excludes halogenated alkanes) is 25. The van der Waals surface area contributed by atoms with E-state index in [0.717, 1.165) is 64.2 Å². The molecule has 4 N–H and O–H groups in total. The average Bonchev–Trinajstić information content (AvgIpc) is 3.22. The Morgan fingerprint density at radius 3 is 1.40 bits per heavy atom. The van der Waals surface area contributed by atoms with Crippen LogP contribution in [0.5, 0.6) is 0 Å². The zero-order chi connectivity index (χ0) is 44.2. The van der Waals surface area contributed by atoms with Crippen LogP contribution in [0, 0.1) is 0 Å². The molecule has 0 spiro atoms. The van der Waals surface area contributed by atoms with E-state index in [1.165, 1.54) is 116 Å². The van der Waals surface area contributed by atoms with Gasteiger partial charge in [-0.1, -0.05) is 172 Å². The number of hydrogen-bond acceptors (Lipinski definition) is 8. The summed E-state index contributed by atoms with van der Waals surface area (Å²) < 4.78 is 26.9. The molecule has 3 unspecified atom stereocenters. The van der Waals surface area contributed by atoms with Crippen molar-refractivity contribution in [1.29, 1.82) is 0 Å². The molecule has 1 amide bonds. The number of carboxylic acid groups (broad SMARTS) is 1. The summed E-state index contributed by atoms with van der Waals surface area (Å²) in [7, 11) is -4.76. The number of aliphatic carboxylic acids is 1. The molecule has 0 heterocycles. The smallest absolute Gasteiger partial charge is 0.472 e. The van der Waals surface area contributed by atoms with E-state index >= 15 is 0 Å². The van der Waals surface area contributed by atoms with Crippen molar-refractivity contribution in [3.05, 3.63) is 36.5 Å². The Hall–Kier alpha value is -2.30. The summed E-state index contributed by atoms with van der Waals surface area (Å²) in [5, 5.41) is 21.9. The van der Waals surface area contributed by atoms with Gasteiger partial charge in [-0.05, 0) is 70.6 Å². The number of nitrogens with one attached hydrogen (secondary N) is 1. The maximum atomic E-state index is 12.3. The number of carbonyl (C=O) groups is 3. The van der Waals surface area contributed by atoms with Crippen LogP contribution in [0.2, 0.25) is 0 Å². The van der Waals surface area contributed by atoms with Crippen LogP contribution in [0.4, 0.5) is 0 Å². The minimum atomic E-state index is -4.76. The lowest BCUT2D eigenvalue weighted by Crippen LogP contribution is -2.43. The fourth-order valence-electron chi connectivity index (χ4n) is 6.63. The van der Waals surface area contributed by atoms with Crippen LogP contribution in [-0.4, -0.2) is 64.9 Å². The Morgan fingerprint density at radius 2 is 0.917 bits per heavy atom. The van der Waals surface area contributed by atoms with Crippen molar-refractivity contribution in [2.24, 2.45) is 0 Å². The van der Waals surface area contributed by atoms with E-state index in [0.29, 0.717) is 12.8 Å². The van der Waals surface area contributed by atoms with Crippen LogP contribution in [0.1, 0.15) is 219 Å². The summed E-state index contributed by atoms with van der Waals surface area (Å²) in [5.41, 5.74) is 0. The van der Waals surface area contributed by atoms with Gasteiger partial charge in [-0.2, -0.15) is 0 Å². The van der Waals surface area contributed by atoms with Crippen LogP contribution in [0.25, 0.3) is 0 Å². The second-order valence-electron chi connectivity index (χ2n) is 16.3. The number of carbonyl (C=O) groups excluding carboxylic acids is 2. The predicted octanol–water partition coefficient (Wildman–Crippen LogP) is 12.8. The lowest BCUT2D eigenvalue weighted by molar-refractivity contribution is -0.147. The number of aliphatic hydroxyl groups excluding tert-OH is 1. The molecule has 0 aromatic carbocycles. The summed E-state index contributed by atoms with van der Waals surface area (Å²) in [6.07, 6.45) is 47.3. The van der Waals surface area contributed by atoms with Gasteiger partial charge in [0.05, 0.1) is 13.2 Å². The lowest BCUT2D eigenvalue weighted by atomic mass is 10.1. The first-order valence-corrected chi connectivity index (χ1v) is 25.5. The fraction of sp³-hybridized carbons (Fsp3) is 0.812. The van der Waals surface area contributed by atoms with E-state index < -0.39 is 57.6 Å². The number of allylic oxidation sites excluding steroid dienone is 6. The lowest BCUT2D eigenvalue weighted by Gasteiger charge is -2.18. The van der Waals surface area contributed by atoms with Crippen LogP contribution >= 0.6 is 7.82 Å². The Bertz CT molecular complexity index is 1160. The van der Waals surface area contributed by atoms with E-state index in [1.54, 1.807) is 0 Å². The summed E-state index contributed by atoms with van der Waals surface area (Å²) >= 11 is 0. The van der Waals surface area contributed by atoms with Gasteiger partial charge in [-0.25, -0.2) is 9.36 Å². The standard InChI is InChI=1S/C48H88NO10P/c1-3-5-7-9-11-13-15-17-19-21-22-24-25-27-29-31-33-35-37-39-46(51)49-45(48(53)54)43-59-60(55,56)58-42-44(50)41-57-47(52)40-38-36-34-32-30-28-26-23-20-18-16-14-12-10-8-6-4-2/h11,13,17-20,44-45,50H,3-10,12,14-16,21-43H2,1-2H3,(H,49,51)(H,53,54)(H,55,56)/b13-11-,19-17-,20-18-. The SMILES string of the molecule is CCCCC/C=C\C/C=C\CCCCCCCCCCCC(=O)NC(COP(=O)(O)OCC(O)COC(=O)CCCCCCCCC/C=C\CCCCCCCC)C(=O)O. The fourth-order valence-corrected chi connectivity index (χ4v) is 7.41. The maximum absolute atomic E-state index is 12.3. The van der Waals surface area contributed by atoms with Gasteiger partial charge < -0.3 is 25.2 Å². The summed E-state index contributed by atoms with van der Waals surface area (Å²) in [4.78, 5) is 46.0. The van der Waals surface area contributed by atoms with E-state index in [2.05, 4.69) is 55.6 Å². The Kier molecular flexibility index (Phi) is 41.7. The first kappa shape index (κ1) is 57.7. The number of rotatable bonds is 45. The molecule has 0 aliphatic heterocycles. The van der Waals surface area contributed by atoms with E-state index in [-0.39, 0.29) is 12.8 Å². The number of carboxylic acids is 1. The van der Waals surface area contributed by atoms with Crippen molar-refractivity contribution < 1.29 is 47.8 Å². The molecule has 0 fully saturated rings. The molecule has 3 atom stereocenters. The van der Waals surface area contributed by atoms with Gasteiger partial charge in [0.15, 0.2) is 6.04 Å². The second kappa shape index (κ2) is 43.4. The van der Waals surface area contributed by atoms with Gasteiger partial charge in [-0.15, -0.1) is 0 Å². The number of aliphatic hydroxyl groups is 1. The molecule has 0 aromatic heterocycles. The van der Waals surface area contributed by atoms with Crippen molar-refractivity contribution in [1.82, 2.24) is 5.32 Å². The number of phosphoric ester groups is 1. The van der Waals surface area contributed by atoms with Gasteiger partial charge in [0.2, 0.25) is 5.91 Å². The summed E-state index contributed by atoms with van der Waals surface area (Å²) in [6, 6.07) is -1.55. The molecule has 0 rings (SSSR count). The largest absolute Gasteiger partial charge is 0.480 e. The van der Waals surface area contributed by atoms with Crippen molar-refractivity contribution >= 4 is 25.7 Å². The third kappa shape index (κ3) is 42.4. The molecule has 11 nitrogen and oxygen atoms in total. The van der Waals surface area contributed by atoms with Crippen LogP contribution in [0.15, 0.2) is 36.5 Å². The third-order valence-corrected chi connectivity index (χ3v) is 11.4. The highest BCUT2D eigenvalue weighted by molar-refractivity contribution is 7.47. The van der Waals surface area contributed by atoms with Crippen molar-refractivity contribution in [3.8, 4) is 0 Å². The molecule has 0 saturated carbocycles. The Labute approximate surface area is 365 Å². The van der Waals surface area contributed by atoms with Crippen LogP contribution in [-0.2, 0) is 32.7 Å². The van der Waals surface area contributed by atoms with E-state index in [4.69, 9.17) is 13.8 Å². The van der Waals surface area contributed by atoms with Crippen LogP contribution in [0.3, 0.4) is 0 Å². The minimum absolute atomic E-state index is 0.141. The number of hydrogen-bond donors (Lipinski definition) is 4. The number of amides is 1. The summed E-state index contributed by atoms with van der Waals surface area (Å²) in [5.74, 6) is -2.38. The van der Waals surface area contributed by atoms with Crippen molar-refractivity contribution in [3.63, 3.8) is 0 Å². The molecule has 60 heavy (non-hydrogen) atoms. The van der Waals surface area contributed by atoms with Gasteiger partial charge in [0, 0.05) is 12.8 Å². The summed E-state index contributed by atoms with van der Waals surface area (Å²) in [6.45, 7) is 2.58. The zero-order valence-corrected chi connectivity index (χ0v) is 38.9. The minimum Gasteiger partial charge on any atom is -0.480 e. The predicted molar refractivity (Wildman–Crippen MR) is 245 cm³/mol. The Morgan fingerprint density at radius 1 is 0.533 bits per heavy atom. The molecule has 0 radical (unpaired) electrons. The van der Waals surface area contributed by atoms with Crippen molar-refractivity contribution in [2.75, 3.05) is 19.8 Å². The topological polar surface area (TPSA) is 169 Å². The van der Waals surface area contributed by atoms with E-state index in [9.17, 15) is 34.1 Å². The average molecular weight is 870 g/mol. The molecule has 350 valence electrons.